The molecule has 2 unspecified atom stereocenters. The molecule has 0 aliphatic rings. The fraction of sp³-hybridized carbons (Fsp3) is 0.857. The fourth-order valence-corrected chi connectivity index (χ4v) is 2.06. The SMILES string of the molecule is CC(N)CC(=O)NCCC(CCC(=O)O)C(C)(C)C. The molecule has 0 aromatic rings. The Bertz CT molecular complexity index is 296. The molecule has 0 fully saturated rings. The quantitative estimate of drug-likeness (QED) is 0.627. The van der Waals surface area contributed by atoms with Crippen LogP contribution in [0.4, 0.5) is 0 Å². The van der Waals surface area contributed by atoms with Gasteiger partial charge in [-0.2, -0.15) is 0 Å². The zero-order chi connectivity index (χ0) is 15.1. The van der Waals surface area contributed by atoms with E-state index < -0.39 is 5.97 Å². The number of rotatable bonds is 8. The molecule has 5 nitrogen and oxygen atoms in total. The molecule has 0 radical (unpaired) electrons. The predicted molar refractivity (Wildman–Crippen MR) is 75.7 cm³/mol. The lowest BCUT2D eigenvalue weighted by molar-refractivity contribution is -0.137. The number of amides is 1. The van der Waals surface area contributed by atoms with Crippen molar-refractivity contribution in [2.45, 2.75) is 59.4 Å². The van der Waals surface area contributed by atoms with Crippen LogP contribution in [0.2, 0.25) is 0 Å². The minimum absolute atomic E-state index is 0.0408. The number of hydrogen-bond acceptors (Lipinski definition) is 3. The van der Waals surface area contributed by atoms with Crippen molar-refractivity contribution in [1.29, 1.82) is 0 Å². The van der Waals surface area contributed by atoms with E-state index in [2.05, 4.69) is 26.1 Å². The van der Waals surface area contributed by atoms with Crippen molar-refractivity contribution in [2.75, 3.05) is 6.54 Å². The Morgan fingerprint density at radius 1 is 1.26 bits per heavy atom. The van der Waals surface area contributed by atoms with Crippen molar-refractivity contribution in [3.63, 3.8) is 0 Å². The van der Waals surface area contributed by atoms with Gasteiger partial charge in [-0.25, -0.2) is 0 Å². The summed E-state index contributed by atoms with van der Waals surface area (Å²) in [7, 11) is 0. The second kappa shape index (κ2) is 8.15. The maximum Gasteiger partial charge on any atom is 0.303 e. The van der Waals surface area contributed by atoms with Crippen LogP contribution in [0.1, 0.15) is 53.4 Å². The van der Waals surface area contributed by atoms with Gasteiger partial charge in [0.1, 0.15) is 0 Å². The van der Waals surface area contributed by atoms with Gasteiger partial charge in [0.2, 0.25) is 5.91 Å². The monoisotopic (exact) mass is 272 g/mol. The van der Waals surface area contributed by atoms with Gasteiger partial charge in [-0.1, -0.05) is 20.8 Å². The molecule has 0 aliphatic carbocycles. The lowest BCUT2D eigenvalue weighted by Gasteiger charge is -2.30. The minimum Gasteiger partial charge on any atom is -0.481 e. The topological polar surface area (TPSA) is 92.4 Å². The summed E-state index contributed by atoms with van der Waals surface area (Å²) in [5.74, 6) is -0.532. The molecule has 5 heteroatoms. The number of carboxylic acid groups (broad SMARTS) is 1. The van der Waals surface area contributed by atoms with Crippen molar-refractivity contribution in [2.24, 2.45) is 17.1 Å². The molecule has 0 aromatic heterocycles. The molecular weight excluding hydrogens is 244 g/mol. The Balaban J connectivity index is 4.13. The van der Waals surface area contributed by atoms with Crippen molar-refractivity contribution < 1.29 is 14.7 Å². The van der Waals surface area contributed by atoms with Gasteiger partial charge in [0.15, 0.2) is 0 Å². The van der Waals surface area contributed by atoms with Gasteiger partial charge in [0.05, 0.1) is 0 Å². The molecule has 0 aromatic carbocycles. The van der Waals surface area contributed by atoms with E-state index in [1.165, 1.54) is 0 Å². The molecular formula is C14H28N2O3. The summed E-state index contributed by atoms with van der Waals surface area (Å²) < 4.78 is 0. The Morgan fingerprint density at radius 3 is 2.26 bits per heavy atom. The zero-order valence-electron chi connectivity index (χ0n) is 12.5. The number of carbonyl (C=O) groups excluding carboxylic acids is 1. The average Bonchev–Trinajstić information content (AvgIpc) is 2.19. The highest BCUT2D eigenvalue weighted by Gasteiger charge is 2.24. The van der Waals surface area contributed by atoms with Crippen LogP contribution in [0.3, 0.4) is 0 Å². The van der Waals surface area contributed by atoms with Gasteiger partial charge in [-0.3, -0.25) is 9.59 Å². The third-order valence-electron chi connectivity index (χ3n) is 3.25. The summed E-state index contributed by atoms with van der Waals surface area (Å²) >= 11 is 0. The number of nitrogens with two attached hydrogens (primary N) is 1. The van der Waals surface area contributed by atoms with Crippen LogP contribution >= 0.6 is 0 Å². The molecule has 112 valence electrons. The lowest BCUT2D eigenvalue weighted by Crippen LogP contribution is -2.33. The number of hydrogen-bond donors (Lipinski definition) is 3. The van der Waals surface area contributed by atoms with E-state index in [1.54, 1.807) is 6.92 Å². The third-order valence-corrected chi connectivity index (χ3v) is 3.25. The summed E-state index contributed by atoms with van der Waals surface area (Å²) in [6.07, 6.45) is 1.94. The van der Waals surface area contributed by atoms with Gasteiger partial charge < -0.3 is 16.2 Å². The van der Waals surface area contributed by atoms with Crippen LogP contribution in [0.25, 0.3) is 0 Å². The molecule has 4 N–H and O–H groups in total. The third kappa shape index (κ3) is 9.47. The van der Waals surface area contributed by atoms with E-state index in [4.69, 9.17) is 10.8 Å². The van der Waals surface area contributed by atoms with Gasteiger partial charge in [-0.05, 0) is 31.1 Å². The van der Waals surface area contributed by atoms with E-state index in [0.29, 0.717) is 19.4 Å². The molecule has 0 saturated heterocycles. The fourth-order valence-electron chi connectivity index (χ4n) is 2.06. The average molecular weight is 272 g/mol. The van der Waals surface area contributed by atoms with E-state index >= 15 is 0 Å². The van der Waals surface area contributed by atoms with Crippen LogP contribution < -0.4 is 11.1 Å². The summed E-state index contributed by atoms with van der Waals surface area (Å²) in [5.41, 5.74) is 5.59. The number of carboxylic acids is 1. The van der Waals surface area contributed by atoms with Crippen molar-refractivity contribution >= 4 is 11.9 Å². The molecule has 19 heavy (non-hydrogen) atoms. The molecule has 0 aliphatic heterocycles. The van der Waals surface area contributed by atoms with Crippen LogP contribution in [0.15, 0.2) is 0 Å². The van der Waals surface area contributed by atoms with Crippen LogP contribution in [0, 0.1) is 11.3 Å². The Kier molecular flexibility index (Phi) is 7.68. The standard InChI is InChI=1S/C14H28N2O3/c1-10(15)9-12(17)16-8-7-11(14(2,3)4)5-6-13(18)19/h10-11H,5-9,15H2,1-4H3,(H,16,17)(H,18,19). The summed E-state index contributed by atoms with van der Waals surface area (Å²) in [5, 5.41) is 11.6. The smallest absolute Gasteiger partial charge is 0.303 e. The van der Waals surface area contributed by atoms with Crippen LogP contribution in [-0.4, -0.2) is 29.6 Å². The van der Waals surface area contributed by atoms with Crippen molar-refractivity contribution in [1.82, 2.24) is 5.32 Å². The summed E-state index contributed by atoms with van der Waals surface area (Å²) in [6.45, 7) is 8.67. The molecule has 1 amide bonds. The van der Waals surface area contributed by atoms with E-state index in [9.17, 15) is 9.59 Å². The summed E-state index contributed by atoms with van der Waals surface area (Å²) in [4.78, 5) is 22.1. The maximum atomic E-state index is 11.5. The lowest BCUT2D eigenvalue weighted by atomic mass is 9.76. The number of carbonyl (C=O) groups is 2. The molecule has 0 bridgehead atoms. The van der Waals surface area contributed by atoms with Crippen LogP contribution in [0.5, 0.6) is 0 Å². The summed E-state index contributed by atoms with van der Waals surface area (Å²) in [6, 6.07) is -0.134. The molecule has 0 spiro atoms. The highest BCUT2D eigenvalue weighted by atomic mass is 16.4. The van der Waals surface area contributed by atoms with Crippen molar-refractivity contribution in [3.05, 3.63) is 0 Å². The van der Waals surface area contributed by atoms with Gasteiger partial charge in [-0.15, -0.1) is 0 Å². The van der Waals surface area contributed by atoms with E-state index in [-0.39, 0.29) is 29.7 Å². The maximum absolute atomic E-state index is 11.5. The largest absolute Gasteiger partial charge is 0.481 e. The van der Waals surface area contributed by atoms with Crippen molar-refractivity contribution in [3.8, 4) is 0 Å². The van der Waals surface area contributed by atoms with Crippen LogP contribution in [-0.2, 0) is 9.59 Å². The first-order valence-electron chi connectivity index (χ1n) is 6.87. The molecule has 2 atom stereocenters. The molecule has 0 saturated carbocycles. The first-order chi connectivity index (χ1) is 8.62. The number of aliphatic carboxylic acids is 1. The molecule has 0 heterocycles. The predicted octanol–water partition coefficient (Wildman–Crippen LogP) is 1.76. The molecule has 0 rings (SSSR count). The zero-order valence-corrected chi connectivity index (χ0v) is 12.5. The number of nitrogens with one attached hydrogen (secondary N) is 1. The van der Waals surface area contributed by atoms with Gasteiger partial charge >= 0.3 is 5.97 Å². The van der Waals surface area contributed by atoms with Gasteiger partial charge in [0, 0.05) is 25.4 Å². The Hall–Kier alpha value is -1.10. The first-order valence-corrected chi connectivity index (χ1v) is 6.87. The highest BCUT2D eigenvalue weighted by molar-refractivity contribution is 5.76. The van der Waals surface area contributed by atoms with E-state index in [0.717, 1.165) is 6.42 Å². The van der Waals surface area contributed by atoms with E-state index in [1.807, 2.05) is 0 Å². The normalized spacial score (nSPS) is 14.8. The second-order valence-electron chi connectivity index (χ2n) is 6.32. The first kappa shape index (κ1) is 17.9. The second-order valence-corrected chi connectivity index (χ2v) is 6.32. The Labute approximate surface area is 115 Å². The van der Waals surface area contributed by atoms with Gasteiger partial charge in [0.25, 0.3) is 0 Å². The minimum atomic E-state index is -0.768. The highest BCUT2D eigenvalue weighted by Crippen LogP contribution is 2.32. The Morgan fingerprint density at radius 2 is 1.84 bits per heavy atom.